The van der Waals surface area contributed by atoms with Gasteiger partial charge in [0.15, 0.2) is 5.17 Å². The average molecular weight is 455 g/mol. The minimum atomic E-state index is -0.200. The summed E-state index contributed by atoms with van der Waals surface area (Å²) in [6, 6.07) is 22.6. The Labute approximate surface area is 188 Å². The van der Waals surface area contributed by atoms with Gasteiger partial charge in [-0.1, -0.05) is 65.7 Å². The topological polar surface area (TPSA) is 50.7 Å². The molecule has 4 nitrogen and oxygen atoms in total. The van der Waals surface area contributed by atoms with Crippen molar-refractivity contribution in [3.8, 4) is 5.75 Å². The van der Waals surface area contributed by atoms with E-state index in [1.807, 2.05) is 60.7 Å². The molecule has 1 N–H and O–H groups in total. The molecule has 1 saturated heterocycles. The van der Waals surface area contributed by atoms with Crippen molar-refractivity contribution in [1.29, 1.82) is 0 Å². The molecule has 0 bridgehead atoms. The fourth-order valence-electron chi connectivity index (χ4n) is 2.74. The van der Waals surface area contributed by atoms with E-state index in [0.717, 1.165) is 16.9 Å². The number of carbonyl (C=O) groups is 1. The Kier molecular flexibility index (Phi) is 6.43. The van der Waals surface area contributed by atoms with Gasteiger partial charge in [0.05, 0.1) is 20.6 Å². The van der Waals surface area contributed by atoms with E-state index in [1.165, 1.54) is 11.8 Å². The highest BCUT2D eigenvalue weighted by atomic mass is 35.5. The normalized spacial score (nSPS) is 16.1. The standard InChI is InChI=1S/C23H16Cl2N2O2S/c24-19-10-9-17(13-20(19)25)26-23-27-22(28)21(30-23)12-16-7-4-8-18(11-16)29-14-15-5-2-1-3-6-15/h1-13H,14H2,(H,26,27,28)/b21-12+. The number of halogens is 2. The number of benzene rings is 3. The molecule has 0 spiro atoms. The van der Waals surface area contributed by atoms with E-state index >= 15 is 0 Å². The van der Waals surface area contributed by atoms with Gasteiger partial charge in [-0.3, -0.25) is 4.79 Å². The van der Waals surface area contributed by atoms with E-state index in [1.54, 1.807) is 18.2 Å². The Morgan fingerprint density at radius 1 is 0.967 bits per heavy atom. The lowest BCUT2D eigenvalue weighted by molar-refractivity contribution is -0.115. The van der Waals surface area contributed by atoms with Crippen LogP contribution in [0, 0.1) is 0 Å². The monoisotopic (exact) mass is 454 g/mol. The van der Waals surface area contributed by atoms with Gasteiger partial charge in [-0.15, -0.1) is 0 Å². The van der Waals surface area contributed by atoms with Crippen LogP contribution in [-0.4, -0.2) is 11.1 Å². The lowest BCUT2D eigenvalue weighted by Crippen LogP contribution is -2.19. The van der Waals surface area contributed by atoms with Gasteiger partial charge in [0.25, 0.3) is 5.91 Å². The highest BCUT2D eigenvalue weighted by Crippen LogP contribution is 2.31. The van der Waals surface area contributed by atoms with Gasteiger partial charge in [-0.2, -0.15) is 0 Å². The van der Waals surface area contributed by atoms with Gasteiger partial charge in [0.2, 0.25) is 0 Å². The van der Waals surface area contributed by atoms with Crippen molar-refractivity contribution in [3.63, 3.8) is 0 Å². The van der Waals surface area contributed by atoms with Crippen LogP contribution >= 0.6 is 35.0 Å². The third-order valence-electron chi connectivity index (χ3n) is 4.19. The summed E-state index contributed by atoms with van der Waals surface area (Å²) in [6.07, 6.45) is 1.81. The second-order valence-corrected chi connectivity index (χ2v) is 8.27. The van der Waals surface area contributed by atoms with Gasteiger partial charge in [-0.25, -0.2) is 4.99 Å². The van der Waals surface area contributed by atoms with E-state index in [-0.39, 0.29) is 5.91 Å². The van der Waals surface area contributed by atoms with Crippen LogP contribution < -0.4 is 10.1 Å². The number of nitrogens with zero attached hydrogens (tertiary/aromatic N) is 1. The lowest BCUT2D eigenvalue weighted by Gasteiger charge is -2.07. The Bertz CT molecular complexity index is 1150. The van der Waals surface area contributed by atoms with Crippen LogP contribution in [0.3, 0.4) is 0 Å². The van der Waals surface area contributed by atoms with Gasteiger partial charge < -0.3 is 10.1 Å². The zero-order chi connectivity index (χ0) is 20.9. The largest absolute Gasteiger partial charge is 0.489 e. The molecule has 7 heteroatoms. The number of hydrogen-bond acceptors (Lipinski definition) is 4. The van der Waals surface area contributed by atoms with Crippen LogP contribution in [0.4, 0.5) is 5.69 Å². The van der Waals surface area contributed by atoms with Crippen molar-refractivity contribution in [2.75, 3.05) is 0 Å². The molecule has 1 fully saturated rings. The Morgan fingerprint density at radius 3 is 2.60 bits per heavy atom. The smallest absolute Gasteiger partial charge is 0.264 e. The molecule has 3 aromatic carbocycles. The zero-order valence-corrected chi connectivity index (χ0v) is 18.0. The third kappa shape index (κ3) is 5.25. The van der Waals surface area contributed by atoms with Crippen LogP contribution in [0.15, 0.2) is 82.7 Å². The zero-order valence-electron chi connectivity index (χ0n) is 15.6. The molecule has 0 unspecified atom stereocenters. The average Bonchev–Trinajstić information content (AvgIpc) is 3.09. The predicted octanol–water partition coefficient (Wildman–Crippen LogP) is 6.46. The Balaban J connectivity index is 1.47. The number of carbonyl (C=O) groups excluding carboxylic acids is 1. The van der Waals surface area contributed by atoms with E-state index in [9.17, 15) is 4.79 Å². The van der Waals surface area contributed by atoms with E-state index in [4.69, 9.17) is 27.9 Å². The number of aliphatic imine (C=N–C) groups is 1. The summed E-state index contributed by atoms with van der Waals surface area (Å²) in [5, 5.41) is 4.12. The second kappa shape index (κ2) is 9.39. The highest BCUT2D eigenvalue weighted by molar-refractivity contribution is 8.18. The molecule has 3 aromatic rings. The number of rotatable bonds is 5. The van der Waals surface area contributed by atoms with Crippen LogP contribution in [-0.2, 0) is 11.4 Å². The van der Waals surface area contributed by atoms with Crippen molar-refractivity contribution in [3.05, 3.63) is 98.9 Å². The first kappa shape index (κ1) is 20.5. The summed E-state index contributed by atoms with van der Waals surface area (Å²) in [5.74, 6) is 0.538. The number of thioether (sulfide) groups is 1. The van der Waals surface area contributed by atoms with Crippen molar-refractivity contribution in [2.45, 2.75) is 6.61 Å². The molecule has 0 aliphatic carbocycles. The van der Waals surface area contributed by atoms with Crippen molar-refractivity contribution >= 4 is 57.8 Å². The first-order valence-electron chi connectivity index (χ1n) is 9.08. The summed E-state index contributed by atoms with van der Waals surface area (Å²) in [4.78, 5) is 17.3. The number of amides is 1. The lowest BCUT2D eigenvalue weighted by atomic mass is 10.2. The first-order valence-corrected chi connectivity index (χ1v) is 10.7. The highest BCUT2D eigenvalue weighted by Gasteiger charge is 2.23. The Morgan fingerprint density at radius 2 is 1.80 bits per heavy atom. The maximum absolute atomic E-state index is 12.3. The summed E-state index contributed by atoms with van der Waals surface area (Å²) in [6.45, 7) is 0.483. The maximum atomic E-state index is 12.3. The molecule has 0 aromatic heterocycles. The maximum Gasteiger partial charge on any atom is 0.264 e. The number of hydrogen-bond donors (Lipinski definition) is 1. The summed E-state index contributed by atoms with van der Waals surface area (Å²) < 4.78 is 5.86. The minimum absolute atomic E-state index is 0.200. The van der Waals surface area contributed by atoms with Crippen LogP contribution in [0.25, 0.3) is 6.08 Å². The molecule has 0 radical (unpaired) electrons. The van der Waals surface area contributed by atoms with Crippen LogP contribution in [0.5, 0.6) is 5.75 Å². The molecule has 0 atom stereocenters. The number of nitrogens with one attached hydrogen (secondary N) is 1. The Hall–Kier alpha value is -2.73. The number of ether oxygens (including phenoxy) is 1. The summed E-state index contributed by atoms with van der Waals surface area (Å²) in [7, 11) is 0. The van der Waals surface area contributed by atoms with E-state index in [2.05, 4.69) is 10.3 Å². The van der Waals surface area contributed by atoms with E-state index < -0.39 is 0 Å². The molecule has 1 aliphatic heterocycles. The van der Waals surface area contributed by atoms with Gasteiger partial charge >= 0.3 is 0 Å². The van der Waals surface area contributed by atoms with Crippen molar-refractivity contribution in [1.82, 2.24) is 5.32 Å². The van der Waals surface area contributed by atoms with Gasteiger partial charge in [-0.05, 0) is 59.3 Å². The summed E-state index contributed by atoms with van der Waals surface area (Å²) in [5.41, 5.74) is 2.58. The fraction of sp³-hybridized carbons (Fsp3) is 0.0435. The molecule has 1 aliphatic rings. The minimum Gasteiger partial charge on any atom is -0.489 e. The quantitative estimate of drug-likeness (QED) is 0.449. The van der Waals surface area contributed by atoms with Crippen molar-refractivity contribution in [2.24, 2.45) is 4.99 Å². The fourth-order valence-corrected chi connectivity index (χ4v) is 3.87. The molecular weight excluding hydrogens is 439 g/mol. The SMILES string of the molecule is O=C1NC(=Nc2ccc(Cl)c(Cl)c2)S/C1=C/c1cccc(OCc2ccccc2)c1. The molecule has 150 valence electrons. The molecule has 1 heterocycles. The first-order chi connectivity index (χ1) is 14.6. The van der Waals surface area contributed by atoms with Crippen LogP contribution in [0.1, 0.15) is 11.1 Å². The van der Waals surface area contributed by atoms with E-state index in [0.29, 0.717) is 32.4 Å². The van der Waals surface area contributed by atoms with Crippen molar-refractivity contribution < 1.29 is 9.53 Å². The number of amidine groups is 1. The molecule has 30 heavy (non-hydrogen) atoms. The summed E-state index contributed by atoms with van der Waals surface area (Å²) >= 11 is 13.2. The van der Waals surface area contributed by atoms with Gasteiger partial charge in [0, 0.05) is 0 Å². The third-order valence-corrected chi connectivity index (χ3v) is 5.84. The molecule has 4 rings (SSSR count). The van der Waals surface area contributed by atoms with Crippen LogP contribution in [0.2, 0.25) is 10.0 Å². The predicted molar refractivity (Wildman–Crippen MR) is 124 cm³/mol. The van der Waals surface area contributed by atoms with Gasteiger partial charge in [0.1, 0.15) is 12.4 Å². The molecular formula is C23H16Cl2N2O2S. The second-order valence-electron chi connectivity index (χ2n) is 6.43. The molecule has 0 saturated carbocycles. The molecule has 1 amide bonds.